The molecule has 0 aliphatic rings. The van der Waals surface area contributed by atoms with E-state index in [1.165, 1.54) is 18.4 Å². The summed E-state index contributed by atoms with van der Waals surface area (Å²) < 4.78 is 0. The molecule has 0 saturated heterocycles. The first kappa shape index (κ1) is 16.7. The maximum Gasteiger partial charge on any atom is 0.321 e. The largest absolute Gasteiger partial charge is 0.480 e. The molecule has 3 nitrogen and oxygen atoms in total. The first-order chi connectivity index (χ1) is 9.62. The number of nitrogens with zero attached hydrogens (tertiary/aromatic N) is 1. The number of rotatable bonds is 9. The predicted molar refractivity (Wildman–Crippen MR) is 83.1 cm³/mol. The van der Waals surface area contributed by atoms with E-state index in [9.17, 15) is 9.90 Å². The first-order valence-electron chi connectivity index (χ1n) is 7.67. The summed E-state index contributed by atoms with van der Waals surface area (Å²) in [6.45, 7) is 7.74. The molecular weight excluding hydrogens is 250 g/mol. The number of unbranched alkanes of at least 4 members (excludes halogenated alkanes) is 1. The van der Waals surface area contributed by atoms with Crippen molar-refractivity contribution in [3.63, 3.8) is 0 Å². The minimum atomic E-state index is -0.733. The van der Waals surface area contributed by atoms with Crippen molar-refractivity contribution < 1.29 is 9.90 Å². The molecule has 0 aliphatic heterocycles. The molecule has 20 heavy (non-hydrogen) atoms. The summed E-state index contributed by atoms with van der Waals surface area (Å²) in [5.41, 5.74) is 2.44. The fourth-order valence-corrected chi connectivity index (χ4v) is 2.48. The van der Waals surface area contributed by atoms with E-state index in [0.717, 1.165) is 25.1 Å². The second kappa shape index (κ2) is 8.75. The molecule has 0 spiro atoms. The van der Waals surface area contributed by atoms with E-state index in [4.69, 9.17) is 0 Å². The Balaban J connectivity index is 2.71. The van der Waals surface area contributed by atoms with Crippen LogP contribution in [0.3, 0.4) is 0 Å². The van der Waals surface area contributed by atoms with Gasteiger partial charge in [-0.25, -0.2) is 0 Å². The number of aryl methyl sites for hydroxylation is 1. The van der Waals surface area contributed by atoms with Gasteiger partial charge in [-0.3, -0.25) is 9.69 Å². The van der Waals surface area contributed by atoms with Crippen molar-refractivity contribution in [1.82, 2.24) is 4.90 Å². The molecule has 1 unspecified atom stereocenters. The zero-order chi connectivity index (χ0) is 15.0. The van der Waals surface area contributed by atoms with E-state index < -0.39 is 12.0 Å². The molecule has 0 aliphatic carbocycles. The van der Waals surface area contributed by atoms with Crippen molar-refractivity contribution in [1.29, 1.82) is 0 Å². The lowest BCUT2D eigenvalue weighted by Gasteiger charge is -2.26. The number of carboxylic acid groups (broad SMARTS) is 1. The molecule has 1 atom stereocenters. The predicted octanol–water partition coefficient (Wildman–Crippen LogP) is 3.37. The van der Waals surface area contributed by atoms with Crippen LogP contribution < -0.4 is 0 Å². The second-order valence-electron chi connectivity index (χ2n) is 5.20. The second-order valence-corrected chi connectivity index (χ2v) is 5.20. The van der Waals surface area contributed by atoms with E-state index in [-0.39, 0.29) is 0 Å². The number of hydrogen-bond acceptors (Lipinski definition) is 2. The maximum atomic E-state index is 11.4. The standard InChI is InChI=1S/C17H27NO2/c1-4-7-8-14-9-11-15(12-10-14)13-16(17(19)20)18(5-2)6-3/h9-12,16H,4-8,13H2,1-3H3,(H,19,20). The van der Waals surface area contributed by atoms with E-state index in [0.29, 0.717) is 6.42 Å². The average molecular weight is 277 g/mol. The maximum absolute atomic E-state index is 11.4. The summed E-state index contributed by atoms with van der Waals surface area (Å²) in [5.74, 6) is -0.733. The first-order valence-corrected chi connectivity index (χ1v) is 7.67. The Bertz CT molecular complexity index is 396. The molecule has 1 aromatic rings. The summed E-state index contributed by atoms with van der Waals surface area (Å²) in [4.78, 5) is 13.4. The van der Waals surface area contributed by atoms with Gasteiger partial charge in [-0.05, 0) is 43.5 Å². The highest BCUT2D eigenvalue weighted by molar-refractivity contribution is 5.74. The Hall–Kier alpha value is -1.35. The van der Waals surface area contributed by atoms with Gasteiger partial charge in [0.2, 0.25) is 0 Å². The van der Waals surface area contributed by atoms with Crippen molar-refractivity contribution in [2.24, 2.45) is 0 Å². The van der Waals surface area contributed by atoms with Crippen LogP contribution in [0.15, 0.2) is 24.3 Å². The third-order valence-electron chi connectivity index (χ3n) is 3.81. The lowest BCUT2D eigenvalue weighted by Crippen LogP contribution is -2.42. The fourth-order valence-electron chi connectivity index (χ4n) is 2.48. The third kappa shape index (κ3) is 4.97. The van der Waals surface area contributed by atoms with Crippen LogP contribution in [0.5, 0.6) is 0 Å². The van der Waals surface area contributed by atoms with Crippen molar-refractivity contribution in [2.75, 3.05) is 13.1 Å². The summed E-state index contributed by atoms with van der Waals surface area (Å²) in [5, 5.41) is 9.40. The molecule has 1 N–H and O–H groups in total. The topological polar surface area (TPSA) is 40.5 Å². The molecule has 112 valence electrons. The molecule has 3 heteroatoms. The number of benzene rings is 1. The Morgan fingerprint density at radius 1 is 1.10 bits per heavy atom. The summed E-state index contributed by atoms with van der Waals surface area (Å²) >= 11 is 0. The number of carbonyl (C=O) groups is 1. The summed E-state index contributed by atoms with van der Waals surface area (Å²) in [7, 11) is 0. The molecule has 1 aromatic carbocycles. The van der Waals surface area contributed by atoms with Crippen LogP contribution in [-0.4, -0.2) is 35.1 Å². The normalized spacial score (nSPS) is 12.6. The van der Waals surface area contributed by atoms with E-state index >= 15 is 0 Å². The number of hydrogen-bond donors (Lipinski definition) is 1. The van der Waals surface area contributed by atoms with E-state index in [2.05, 4.69) is 31.2 Å². The monoisotopic (exact) mass is 277 g/mol. The van der Waals surface area contributed by atoms with Gasteiger partial charge < -0.3 is 5.11 Å². The molecule has 0 fully saturated rings. The van der Waals surface area contributed by atoms with Crippen molar-refractivity contribution >= 4 is 5.97 Å². The highest BCUT2D eigenvalue weighted by Gasteiger charge is 2.23. The molecule has 0 heterocycles. The van der Waals surface area contributed by atoms with Gasteiger partial charge in [-0.2, -0.15) is 0 Å². The summed E-state index contributed by atoms with van der Waals surface area (Å²) in [6.07, 6.45) is 4.08. The van der Waals surface area contributed by atoms with E-state index in [1.54, 1.807) is 0 Å². The van der Waals surface area contributed by atoms with Crippen LogP contribution in [0, 0.1) is 0 Å². The Kier molecular flexibility index (Phi) is 7.31. The van der Waals surface area contributed by atoms with Crippen LogP contribution >= 0.6 is 0 Å². The third-order valence-corrected chi connectivity index (χ3v) is 3.81. The molecular formula is C17H27NO2. The highest BCUT2D eigenvalue weighted by atomic mass is 16.4. The van der Waals surface area contributed by atoms with Crippen molar-refractivity contribution in [2.45, 2.75) is 52.5 Å². The lowest BCUT2D eigenvalue weighted by molar-refractivity contribution is -0.143. The highest BCUT2D eigenvalue weighted by Crippen LogP contribution is 2.12. The molecule has 0 bridgehead atoms. The Morgan fingerprint density at radius 2 is 1.65 bits per heavy atom. The molecule has 0 saturated carbocycles. The van der Waals surface area contributed by atoms with Crippen LogP contribution in [0.1, 0.15) is 44.7 Å². The van der Waals surface area contributed by atoms with Gasteiger partial charge >= 0.3 is 5.97 Å². The van der Waals surface area contributed by atoms with Gasteiger partial charge in [-0.15, -0.1) is 0 Å². The fraction of sp³-hybridized carbons (Fsp3) is 0.588. The molecule has 0 amide bonds. The van der Waals surface area contributed by atoms with Crippen LogP contribution in [0.4, 0.5) is 0 Å². The van der Waals surface area contributed by atoms with Gasteiger partial charge in [-0.1, -0.05) is 51.5 Å². The quantitative estimate of drug-likeness (QED) is 0.752. The van der Waals surface area contributed by atoms with Crippen molar-refractivity contribution in [3.8, 4) is 0 Å². The van der Waals surface area contributed by atoms with Gasteiger partial charge in [0.25, 0.3) is 0 Å². The molecule has 0 radical (unpaired) electrons. The summed E-state index contributed by atoms with van der Waals surface area (Å²) in [6, 6.07) is 7.99. The van der Waals surface area contributed by atoms with Crippen molar-refractivity contribution in [3.05, 3.63) is 35.4 Å². The van der Waals surface area contributed by atoms with Crippen LogP contribution in [0.2, 0.25) is 0 Å². The van der Waals surface area contributed by atoms with Crippen LogP contribution in [-0.2, 0) is 17.6 Å². The van der Waals surface area contributed by atoms with Gasteiger partial charge in [0.05, 0.1) is 0 Å². The molecule has 0 aromatic heterocycles. The SMILES string of the molecule is CCCCc1ccc(CC(C(=O)O)N(CC)CC)cc1. The number of carboxylic acids is 1. The smallest absolute Gasteiger partial charge is 0.321 e. The minimum Gasteiger partial charge on any atom is -0.480 e. The lowest BCUT2D eigenvalue weighted by atomic mass is 10.0. The van der Waals surface area contributed by atoms with Gasteiger partial charge in [0.1, 0.15) is 6.04 Å². The van der Waals surface area contributed by atoms with Gasteiger partial charge in [0, 0.05) is 0 Å². The van der Waals surface area contributed by atoms with E-state index in [1.807, 2.05) is 18.7 Å². The average Bonchev–Trinajstić information content (AvgIpc) is 2.46. The number of aliphatic carboxylic acids is 1. The Labute approximate surface area is 122 Å². The molecule has 1 rings (SSSR count). The Morgan fingerprint density at radius 3 is 2.10 bits per heavy atom. The zero-order valence-electron chi connectivity index (χ0n) is 12.9. The van der Waals surface area contributed by atoms with Crippen LogP contribution in [0.25, 0.3) is 0 Å². The number of likely N-dealkylation sites (N-methyl/N-ethyl adjacent to an activating group) is 1. The van der Waals surface area contributed by atoms with Gasteiger partial charge in [0.15, 0.2) is 0 Å². The minimum absolute atomic E-state index is 0.425. The zero-order valence-corrected chi connectivity index (χ0v) is 12.9.